The molecule has 0 spiro atoms. The van der Waals surface area contributed by atoms with Gasteiger partial charge in [0.25, 0.3) is 5.91 Å². The lowest BCUT2D eigenvalue weighted by atomic mass is 10.0. The van der Waals surface area contributed by atoms with Crippen LogP contribution in [0.3, 0.4) is 0 Å². The Morgan fingerprint density at radius 2 is 1.65 bits per heavy atom. The molecule has 0 aromatic heterocycles. The highest BCUT2D eigenvalue weighted by atomic mass is 16.6. The van der Waals surface area contributed by atoms with Gasteiger partial charge < -0.3 is 29.9 Å². The van der Waals surface area contributed by atoms with Gasteiger partial charge in [-0.05, 0) is 57.4 Å². The predicted octanol–water partition coefficient (Wildman–Crippen LogP) is 3.15. The summed E-state index contributed by atoms with van der Waals surface area (Å²) in [7, 11) is 1.31. The van der Waals surface area contributed by atoms with Gasteiger partial charge in [-0.3, -0.25) is 14.4 Å². The Bertz CT molecular complexity index is 1160. The Morgan fingerprint density at radius 3 is 2.30 bits per heavy atom. The molecule has 0 aliphatic carbocycles. The third kappa shape index (κ3) is 9.91. The van der Waals surface area contributed by atoms with Crippen LogP contribution in [0.15, 0.2) is 54.6 Å². The largest absolute Gasteiger partial charge is 0.469 e. The number of piperazine rings is 1. The summed E-state index contributed by atoms with van der Waals surface area (Å²) in [6.45, 7) is 7.55. The van der Waals surface area contributed by atoms with Gasteiger partial charge in [0.1, 0.15) is 5.60 Å². The molecule has 1 atom stereocenters. The minimum absolute atomic E-state index is 0.0479. The Balaban J connectivity index is 1.50. The van der Waals surface area contributed by atoms with Crippen LogP contribution in [0.25, 0.3) is 0 Å². The number of benzene rings is 2. The highest BCUT2D eigenvalue weighted by molar-refractivity contribution is 5.97. The molecular formula is C30H40N4O6. The molecule has 2 aromatic rings. The van der Waals surface area contributed by atoms with Crippen molar-refractivity contribution in [2.75, 3.05) is 44.7 Å². The van der Waals surface area contributed by atoms with Crippen molar-refractivity contribution in [1.29, 1.82) is 0 Å². The summed E-state index contributed by atoms with van der Waals surface area (Å²) >= 11 is 0. The van der Waals surface area contributed by atoms with Crippen LogP contribution in [0, 0.1) is 0 Å². The van der Waals surface area contributed by atoms with Crippen molar-refractivity contribution in [3.63, 3.8) is 0 Å². The third-order valence-corrected chi connectivity index (χ3v) is 6.44. The quantitative estimate of drug-likeness (QED) is 0.435. The number of aryl methyl sites for hydroxylation is 1. The van der Waals surface area contributed by atoms with E-state index in [1.165, 1.54) is 7.11 Å². The van der Waals surface area contributed by atoms with Gasteiger partial charge >= 0.3 is 12.1 Å². The van der Waals surface area contributed by atoms with E-state index in [4.69, 9.17) is 9.47 Å². The number of nitrogens with one attached hydrogen (secondary N) is 2. The normalized spacial score (nSPS) is 14.2. The van der Waals surface area contributed by atoms with Crippen LogP contribution in [0.4, 0.5) is 10.5 Å². The SMILES string of the molecule is COC(=O)C[C@@H](CCc1ccccc1)NC(=O)CNC(=O)c1cccc(N2CCN(C(=O)OC(C)(C)C)CC2)c1. The third-order valence-electron chi connectivity index (χ3n) is 6.44. The van der Waals surface area contributed by atoms with Gasteiger partial charge in [0.2, 0.25) is 5.91 Å². The van der Waals surface area contributed by atoms with Gasteiger partial charge in [0, 0.05) is 43.5 Å². The van der Waals surface area contributed by atoms with Crippen LogP contribution in [0.2, 0.25) is 0 Å². The fourth-order valence-electron chi connectivity index (χ4n) is 4.35. The van der Waals surface area contributed by atoms with E-state index in [9.17, 15) is 19.2 Å². The first-order chi connectivity index (χ1) is 19.0. The number of hydrogen-bond acceptors (Lipinski definition) is 7. The second-order valence-electron chi connectivity index (χ2n) is 10.8. The van der Waals surface area contributed by atoms with E-state index in [1.54, 1.807) is 23.1 Å². The highest BCUT2D eigenvalue weighted by Gasteiger charge is 2.26. The van der Waals surface area contributed by atoms with Gasteiger partial charge in [-0.25, -0.2) is 4.79 Å². The molecule has 1 fully saturated rings. The van der Waals surface area contributed by atoms with E-state index >= 15 is 0 Å². The summed E-state index contributed by atoms with van der Waals surface area (Å²) in [6.07, 6.45) is 0.967. The first kappa shape index (κ1) is 30.5. The van der Waals surface area contributed by atoms with E-state index < -0.39 is 17.6 Å². The first-order valence-corrected chi connectivity index (χ1v) is 13.6. The Labute approximate surface area is 236 Å². The number of carbonyl (C=O) groups is 4. The van der Waals surface area contributed by atoms with Crippen molar-refractivity contribution in [2.45, 2.75) is 51.7 Å². The molecule has 10 nitrogen and oxygen atoms in total. The summed E-state index contributed by atoms with van der Waals surface area (Å²) < 4.78 is 10.2. The van der Waals surface area contributed by atoms with Gasteiger partial charge in [-0.1, -0.05) is 36.4 Å². The zero-order chi connectivity index (χ0) is 29.1. The van der Waals surface area contributed by atoms with E-state index in [1.807, 2.05) is 57.2 Å². The monoisotopic (exact) mass is 552 g/mol. The van der Waals surface area contributed by atoms with Crippen LogP contribution in [-0.2, 0) is 25.5 Å². The highest BCUT2D eigenvalue weighted by Crippen LogP contribution is 2.19. The molecular weight excluding hydrogens is 512 g/mol. The summed E-state index contributed by atoms with van der Waals surface area (Å²) in [6, 6.07) is 16.6. The molecule has 3 amide bonds. The smallest absolute Gasteiger partial charge is 0.410 e. The second kappa shape index (κ2) is 14.3. The second-order valence-corrected chi connectivity index (χ2v) is 10.8. The fraction of sp³-hybridized carbons (Fsp3) is 0.467. The van der Waals surface area contributed by atoms with E-state index in [0.29, 0.717) is 44.6 Å². The molecule has 0 saturated carbocycles. The summed E-state index contributed by atoms with van der Waals surface area (Å²) in [5.74, 6) is -1.17. The van der Waals surface area contributed by atoms with Crippen LogP contribution in [0.1, 0.15) is 49.5 Å². The molecule has 0 unspecified atom stereocenters. The van der Waals surface area contributed by atoms with E-state index in [0.717, 1.165) is 11.3 Å². The van der Waals surface area contributed by atoms with Crippen molar-refractivity contribution < 1.29 is 28.7 Å². The number of ether oxygens (including phenoxy) is 2. The minimum Gasteiger partial charge on any atom is -0.469 e. The molecule has 216 valence electrons. The first-order valence-electron chi connectivity index (χ1n) is 13.6. The van der Waals surface area contributed by atoms with Crippen molar-refractivity contribution in [3.05, 3.63) is 65.7 Å². The average Bonchev–Trinajstić information content (AvgIpc) is 2.94. The molecule has 3 rings (SSSR count). The van der Waals surface area contributed by atoms with Gasteiger partial charge in [0.05, 0.1) is 20.1 Å². The van der Waals surface area contributed by atoms with E-state index in [2.05, 4.69) is 15.5 Å². The van der Waals surface area contributed by atoms with Crippen molar-refractivity contribution in [3.8, 4) is 0 Å². The van der Waals surface area contributed by atoms with Crippen molar-refractivity contribution >= 4 is 29.6 Å². The Kier molecular flexibility index (Phi) is 10.9. The lowest BCUT2D eigenvalue weighted by Crippen LogP contribution is -2.50. The molecule has 2 aromatic carbocycles. The number of rotatable bonds is 10. The van der Waals surface area contributed by atoms with Crippen LogP contribution in [0.5, 0.6) is 0 Å². The average molecular weight is 553 g/mol. The summed E-state index contributed by atoms with van der Waals surface area (Å²) in [4.78, 5) is 53.4. The molecule has 1 heterocycles. The number of carbonyl (C=O) groups excluding carboxylic acids is 4. The molecule has 0 bridgehead atoms. The van der Waals surface area contributed by atoms with Gasteiger partial charge in [0.15, 0.2) is 0 Å². The number of methoxy groups -OCH3 is 1. The van der Waals surface area contributed by atoms with Crippen LogP contribution < -0.4 is 15.5 Å². The van der Waals surface area contributed by atoms with Gasteiger partial charge in [-0.2, -0.15) is 0 Å². The van der Waals surface area contributed by atoms with Crippen LogP contribution in [-0.4, -0.2) is 80.3 Å². The molecule has 1 aliphatic rings. The molecule has 2 N–H and O–H groups in total. The zero-order valence-electron chi connectivity index (χ0n) is 23.8. The number of hydrogen-bond donors (Lipinski definition) is 2. The maximum absolute atomic E-state index is 12.8. The zero-order valence-corrected chi connectivity index (χ0v) is 23.8. The van der Waals surface area contributed by atoms with E-state index in [-0.39, 0.29) is 30.9 Å². The fourth-order valence-corrected chi connectivity index (χ4v) is 4.35. The lowest BCUT2D eigenvalue weighted by molar-refractivity contribution is -0.141. The number of amides is 3. The molecule has 0 radical (unpaired) electrons. The maximum atomic E-state index is 12.8. The number of esters is 1. The molecule has 10 heteroatoms. The van der Waals surface area contributed by atoms with Crippen molar-refractivity contribution in [1.82, 2.24) is 15.5 Å². The van der Waals surface area contributed by atoms with Gasteiger partial charge in [-0.15, -0.1) is 0 Å². The predicted molar refractivity (Wildman–Crippen MR) is 152 cm³/mol. The Morgan fingerprint density at radius 1 is 0.950 bits per heavy atom. The summed E-state index contributed by atoms with van der Waals surface area (Å²) in [5, 5.41) is 5.51. The minimum atomic E-state index is -0.544. The lowest BCUT2D eigenvalue weighted by Gasteiger charge is -2.36. The molecule has 1 saturated heterocycles. The molecule has 40 heavy (non-hydrogen) atoms. The van der Waals surface area contributed by atoms with Crippen molar-refractivity contribution in [2.24, 2.45) is 0 Å². The molecule has 1 aliphatic heterocycles. The number of nitrogens with zero attached hydrogens (tertiary/aromatic N) is 2. The standard InChI is InChI=1S/C30H40N4O6/c1-30(2,3)40-29(38)34-17-15-33(16-18-34)25-12-8-11-23(19-25)28(37)31-21-26(35)32-24(20-27(36)39-4)14-13-22-9-6-5-7-10-22/h5-12,19,24H,13-18,20-21H2,1-4H3,(H,31,37)(H,32,35)/t24-/m1/s1. The maximum Gasteiger partial charge on any atom is 0.410 e. The number of anilines is 1. The Hall–Kier alpha value is -4.08. The van der Waals surface area contributed by atoms with Crippen LogP contribution >= 0.6 is 0 Å². The summed E-state index contributed by atoms with van der Waals surface area (Å²) in [5.41, 5.74) is 1.85. The topological polar surface area (TPSA) is 117 Å².